The fourth-order valence-electron chi connectivity index (χ4n) is 3.33. The fraction of sp³-hybridized carbons (Fsp3) is 0.556. The van der Waals surface area contributed by atoms with Crippen molar-refractivity contribution in [3.05, 3.63) is 42.0 Å². The molecule has 3 rings (SSSR count). The van der Waals surface area contributed by atoms with Crippen LogP contribution in [-0.2, 0) is 0 Å². The van der Waals surface area contributed by atoms with Crippen LogP contribution in [0.1, 0.15) is 51.1 Å². The molecule has 1 aromatic rings. The average molecular weight is 271 g/mol. The molecule has 1 aliphatic carbocycles. The fourth-order valence-corrected chi connectivity index (χ4v) is 3.33. The minimum absolute atomic E-state index is 0.0848. The summed E-state index contributed by atoms with van der Waals surface area (Å²) in [6.45, 7) is 5.47. The molecule has 2 unspecified atom stereocenters. The molecule has 0 saturated carbocycles. The summed E-state index contributed by atoms with van der Waals surface area (Å²) in [4.78, 5) is 0. The third kappa shape index (κ3) is 3.06. The van der Waals surface area contributed by atoms with Crippen molar-refractivity contribution in [3.63, 3.8) is 0 Å². The van der Waals surface area contributed by atoms with Crippen LogP contribution in [0.15, 0.2) is 36.4 Å². The third-order valence-corrected chi connectivity index (χ3v) is 4.41. The minimum atomic E-state index is -0.0848. The summed E-state index contributed by atoms with van der Waals surface area (Å²) in [6, 6.07) is 8.87. The maximum absolute atomic E-state index is 6.09. The number of hydrogen-bond acceptors (Lipinski definition) is 2. The average Bonchev–Trinajstić information content (AvgIpc) is 2.45. The summed E-state index contributed by atoms with van der Waals surface area (Å²) in [5.74, 6) is 1.84. The summed E-state index contributed by atoms with van der Waals surface area (Å²) < 4.78 is 6.09. The Kier molecular flexibility index (Phi) is 3.84. The van der Waals surface area contributed by atoms with Crippen molar-refractivity contribution in [2.75, 3.05) is 6.54 Å². The molecule has 1 N–H and O–H groups in total. The van der Waals surface area contributed by atoms with Gasteiger partial charge < -0.3 is 10.1 Å². The van der Waals surface area contributed by atoms with E-state index in [1.54, 1.807) is 0 Å². The van der Waals surface area contributed by atoms with E-state index in [4.69, 9.17) is 4.74 Å². The molecule has 0 fully saturated rings. The van der Waals surface area contributed by atoms with E-state index in [-0.39, 0.29) is 5.60 Å². The van der Waals surface area contributed by atoms with Gasteiger partial charge in [0.15, 0.2) is 0 Å². The Balaban J connectivity index is 1.70. The van der Waals surface area contributed by atoms with Crippen LogP contribution in [0.2, 0.25) is 0 Å². The van der Waals surface area contributed by atoms with E-state index in [2.05, 4.69) is 55.6 Å². The zero-order valence-corrected chi connectivity index (χ0v) is 12.6. The Bertz CT molecular complexity index is 492. The van der Waals surface area contributed by atoms with Gasteiger partial charge in [0.25, 0.3) is 0 Å². The first-order chi connectivity index (χ1) is 9.64. The highest BCUT2D eigenvalue weighted by atomic mass is 16.5. The molecule has 1 heterocycles. The number of benzene rings is 1. The van der Waals surface area contributed by atoms with Crippen LogP contribution in [0.5, 0.6) is 5.75 Å². The highest BCUT2D eigenvalue weighted by molar-refractivity contribution is 5.38. The van der Waals surface area contributed by atoms with Crippen LogP contribution in [-0.4, -0.2) is 12.1 Å². The molecule has 1 aliphatic heterocycles. The topological polar surface area (TPSA) is 21.3 Å². The molecule has 0 spiro atoms. The number of allylic oxidation sites excluding steroid dienone is 2. The Morgan fingerprint density at radius 2 is 2.10 bits per heavy atom. The van der Waals surface area contributed by atoms with E-state index in [1.165, 1.54) is 24.8 Å². The van der Waals surface area contributed by atoms with Gasteiger partial charge in [0.2, 0.25) is 0 Å². The Labute approximate surface area is 122 Å². The van der Waals surface area contributed by atoms with Crippen LogP contribution in [0.4, 0.5) is 0 Å². The van der Waals surface area contributed by atoms with Crippen molar-refractivity contribution in [2.24, 2.45) is 5.92 Å². The Morgan fingerprint density at radius 3 is 2.90 bits per heavy atom. The second-order valence-corrected chi connectivity index (χ2v) is 6.72. The quantitative estimate of drug-likeness (QED) is 0.830. The number of rotatable bonds is 3. The molecule has 1 aromatic carbocycles. The molecule has 108 valence electrons. The lowest BCUT2D eigenvalue weighted by Crippen LogP contribution is -2.40. The van der Waals surface area contributed by atoms with Gasteiger partial charge in [-0.25, -0.2) is 0 Å². The molecule has 0 amide bonds. The van der Waals surface area contributed by atoms with Gasteiger partial charge in [-0.2, -0.15) is 0 Å². The lowest BCUT2D eigenvalue weighted by Gasteiger charge is -2.38. The third-order valence-electron chi connectivity index (χ3n) is 4.41. The van der Waals surface area contributed by atoms with Crippen LogP contribution in [0.3, 0.4) is 0 Å². The summed E-state index contributed by atoms with van der Waals surface area (Å²) in [5.41, 5.74) is 1.23. The molecule has 2 aliphatic rings. The van der Waals surface area contributed by atoms with Gasteiger partial charge in [-0.3, -0.25) is 0 Å². The predicted molar refractivity (Wildman–Crippen MR) is 83.0 cm³/mol. The van der Waals surface area contributed by atoms with Crippen LogP contribution < -0.4 is 10.1 Å². The van der Waals surface area contributed by atoms with E-state index in [0.29, 0.717) is 6.04 Å². The molecular weight excluding hydrogens is 246 g/mol. The van der Waals surface area contributed by atoms with Crippen LogP contribution in [0, 0.1) is 5.92 Å². The van der Waals surface area contributed by atoms with E-state index in [0.717, 1.165) is 24.6 Å². The Morgan fingerprint density at radius 1 is 1.25 bits per heavy atom. The van der Waals surface area contributed by atoms with Gasteiger partial charge >= 0.3 is 0 Å². The lowest BCUT2D eigenvalue weighted by atomic mass is 9.88. The molecule has 0 aromatic heterocycles. The van der Waals surface area contributed by atoms with Gasteiger partial charge in [0.1, 0.15) is 11.4 Å². The zero-order chi connectivity index (χ0) is 14.0. The van der Waals surface area contributed by atoms with Gasteiger partial charge in [-0.05, 0) is 51.6 Å². The molecule has 0 saturated heterocycles. The van der Waals surface area contributed by atoms with Gasteiger partial charge in [-0.1, -0.05) is 30.4 Å². The van der Waals surface area contributed by atoms with Crippen molar-refractivity contribution >= 4 is 0 Å². The van der Waals surface area contributed by atoms with Crippen LogP contribution >= 0.6 is 0 Å². The number of ether oxygens (including phenoxy) is 1. The van der Waals surface area contributed by atoms with E-state index in [9.17, 15) is 0 Å². The highest BCUT2D eigenvalue weighted by Crippen LogP contribution is 2.39. The minimum Gasteiger partial charge on any atom is -0.487 e. The van der Waals surface area contributed by atoms with Crippen molar-refractivity contribution in [3.8, 4) is 5.75 Å². The normalized spacial score (nSPS) is 27.7. The lowest BCUT2D eigenvalue weighted by molar-refractivity contribution is 0.0651. The number of hydrogen-bond donors (Lipinski definition) is 1. The van der Waals surface area contributed by atoms with Crippen molar-refractivity contribution in [1.82, 2.24) is 5.32 Å². The molecule has 2 atom stereocenters. The summed E-state index contributed by atoms with van der Waals surface area (Å²) in [5, 5.41) is 3.79. The molecule has 20 heavy (non-hydrogen) atoms. The van der Waals surface area contributed by atoms with Gasteiger partial charge in [0.05, 0.1) is 0 Å². The molecule has 0 radical (unpaired) electrons. The Hall–Kier alpha value is -1.28. The molecular formula is C18H25NO. The largest absolute Gasteiger partial charge is 0.487 e. The monoisotopic (exact) mass is 271 g/mol. The highest BCUT2D eigenvalue weighted by Gasteiger charge is 2.33. The van der Waals surface area contributed by atoms with Crippen LogP contribution in [0.25, 0.3) is 0 Å². The summed E-state index contributed by atoms with van der Waals surface area (Å²) in [7, 11) is 0. The second kappa shape index (κ2) is 5.61. The van der Waals surface area contributed by atoms with E-state index >= 15 is 0 Å². The van der Waals surface area contributed by atoms with Crippen molar-refractivity contribution in [2.45, 2.75) is 51.2 Å². The first-order valence-corrected chi connectivity index (χ1v) is 7.80. The van der Waals surface area contributed by atoms with E-state index < -0.39 is 0 Å². The first-order valence-electron chi connectivity index (χ1n) is 7.80. The summed E-state index contributed by atoms with van der Waals surface area (Å²) in [6.07, 6.45) is 9.45. The number of nitrogens with one attached hydrogen (secondary N) is 1. The van der Waals surface area contributed by atoms with Gasteiger partial charge in [-0.15, -0.1) is 0 Å². The standard InChI is InChI=1S/C18H25NO/c1-18(2)12-16(15-10-6-7-11-17(15)20-18)19-13-14-8-4-3-5-9-14/h3-4,6-7,10-11,14,16,19H,5,8-9,12-13H2,1-2H3. The zero-order valence-electron chi connectivity index (χ0n) is 12.6. The van der Waals surface area contributed by atoms with Crippen molar-refractivity contribution in [1.29, 1.82) is 0 Å². The molecule has 2 nitrogen and oxygen atoms in total. The maximum Gasteiger partial charge on any atom is 0.124 e. The maximum atomic E-state index is 6.09. The predicted octanol–water partition coefficient (Wildman–Crippen LogP) is 4.23. The van der Waals surface area contributed by atoms with Crippen molar-refractivity contribution < 1.29 is 4.74 Å². The smallest absolute Gasteiger partial charge is 0.124 e. The second-order valence-electron chi connectivity index (χ2n) is 6.72. The number of fused-ring (bicyclic) bond motifs is 1. The summed E-state index contributed by atoms with van der Waals surface area (Å²) >= 11 is 0. The first kappa shape index (κ1) is 13.7. The van der Waals surface area contributed by atoms with Gasteiger partial charge in [0, 0.05) is 18.0 Å². The number of para-hydroxylation sites is 1. The molecule has 0 bridgehead atoms. The van der Waals surface area contributed by atoms with E-state index in [1.807, 2.05) is 0 Å². The SMILES string of the molecule is CC1(C)CC(NCC2CC=CCC2)c2ccccc2O1. The molecule has 2 heteroatoms.